The maximum Gasteiger partial charge on any atom is 0.308 e. The van der Waals surface area contributed by atoms with Crippen molar-refractivity contribution in [2.24, 2.45) is 0 Å². The van der Waals surface area contributed by atoms with Gasteiger partial charge in [-0.15, -0.1) is 0 Å². The van der Waals surface area contributed by atoms with Crippen LogP contribution in [-0.4, -0.2) is 13.1 Å². The quantitative estimate of drug-likeness (QED) is 0.491. The smallest absolute Gasteiger partial charge is 0.308 e. The third kappa shape index (κ3) is 3.86. The van der Waals surface area contributed by atoms with Crippen molar-refractivity contribution in [1.29, 1.82) is 0 Å². The number of rotatable bonds is 4. The Hall–Kier alpha value is -3.14. The minimum atomic E-state index is -0.373. The zero-order chi connectivity index (χ0) is 17.8. The molecule has 3 nitrogen and oxygen atoms in total. The second kappa shape index (κ2) is 7.18. The van der Waals surface area contributed by atoms with Gasteiger partial charge in [0.25, 0.3) is 0 Å². The van der Waals surface area contributed by atoms with E-state index < -0.39 is 0 Å². The number of halogens is 1. The van der Waals surface area contributed by atoms with Gasteiger partial charge in [0.05, 0.1) is 7.11 Å². The van der Waals surface area contributed by atoms with E-state index in [1.54, 1.807) is 49.6 Å². The normalized spacial score (nSPS) is 10.4. The van der Waals surface area contributed by atoms with Gasteiger partial charge in [0.1, 0.15) is 17.3 Å². The first-order valence-electron chi connectivity index (χ1n) is 7.79. The number of hydrogen-bond acceptors (Lipinski definition) is 3. The topological polar surface area (TPSA) is 35.5 Å². The van der Waals surface area contributed by atoms with Crippen molar-refractivity contribution >= 4 is 5.97 Å². The lowest BCUT2D eigenvalue weighted by Crippen LogP contribution is -2.00. The van der Waals surface area contributed by atoms with Gasteiger partial charge in [-0.1, -0.05) is 36.4 Å². The maximum absolute atomic E-state index is 14.6. The number of carbonyl (C=O) groups excluding carboxylic acids is 1. The molecule has 3 aromatic carbocycles. The van der Waals surface area contributed by atoms with Crippen LogP contribution < -0.4 is 9.47 Å². The van der Waals surface area contributed by atoms with Gasteiger partial charge < -0.3 is 9.47 Å². The van der Waals surface area contributed by atoms with Crippen LogP contribution in [0.15, 0.2) is 66.7 Å². The van der Waals surface area contributed by atoms with Crippen LogP contribution in [0.2, 0.25) is 0 Å². The molecule has 126 valence electrons. The molecule has 0 aliphatic heterocycles. The van der Waals surface area contributed by atoms with E-state index in [0.717, 1.165) is 22.4 Å². The Kier molecular flexibility index (Phi) is 4.80. The maximum atomic E-state index is 14.6. The Morgan fingerprint density at radius 1 is 0.800 bits per heavy atom. The van der Waals surface area contributed by atoms with Gasteiger partial charge in [-0.05, 0) is 47.0 Å². The second-order valence-electron chi connectivity index (χ2n) is 5.54. The minimum Gasteiger partial charge on any atom is -0.497 e. The SMILES string of the molecule is COc1ccc(-c2ccc(-c3ccc(OC(C)=O)cc3)cc2F)cc1. The molecule has 25 heavy (non-hydrogen) atoms. The molecule has 0 unspecified atom stereocenters. The fourth-order valence-corrected chi connectivity index (χ4v) is 2.58. The summed E-state index contributed by atoms with van der Waals surface area (Å²) >= 11 is 0. The molecule has 0 aliphatic carbocycles. The highest BCUT2D eigenvalue weighted by atomic mass is 19.1. The molecule has 0 aliphatic rings. The molecule has 0 spiro atoms. The van der Waals surface area contributed by atoms with Crippen LogP contribution in [-0.2, 0) is 4.79 Å². The van der Waals surface area contributed by atoms with Gasteiger partial charge in [-0.25, -0.2) is 4.39 Å². The monoisotopic (exact) mass is 336 g/mol. The number of methoxy groups -OCH3 is 1. The highest BCUT2D eigenvalue weighted by Crippen LogP contribution is 2.29. The van der Waals surface area contributed by atoms with Crippen LogP contribution >= 0.6 is 0 Å². The molecule has 0 saturated heterocycles. The predicted octanol–water partition coefficient (Wildman–Crippen LogP) is 5.09. The third-order valence-corrected chi connectivity index (χ3v) is 3.82. The van der Waals surface area contributed by atoms with Crippen LogP contribution in [0.1, 0.15) is 6.92 Å². The van der Waals surface area contributed by atoms with Crippen molar-refractivity contribution in [3.05, 3.63) is 72.5 Å². The van der Waals surface area contributed by atoms with Crippen LogP contribution in [0.4, 0.5) is 4.39 Å². The van der Waals surface area contributed by atoms with Gasteiger partial charge >= 0.3 is 5.97 Å². The first kappa shape index (κ1) is 16.7. The lowest BCUT2D eigenvalue weighted by Gasteiger charge is -2.08. The van der Waals surface area contributed by atoms with Gasteiger partial charge in [0, 0.05) is 12.5 Å². The van der Waals surface area contributed by atoms with Gasteiger partial charge in [-0.3, -0.25) is 4.79 Å². The molecule has 0 aromatic heterocycles. The van der Waals surface area contributed by atoms with E-state index in [9.17, 15) is 9.18 Å². The largest absolute Gasteiger partial charge is 0.497 e. The summed E-state index contributed by atoms with van der Waals surface area (Å²) in [5.74, 6) is 0.523. The fourth-order valence-electron chi connectivity index (χ4n) is 2.58. The molecule has 0 saturated carbocycles. The Labute approximate surface area is 145 Å². The van der Waals surface area contributed by atoms with Crippen LogP contribution in [0.3, 0.4) is 0 Å². The van der Waals surface area contributed by atoms with Gasteiger partial charge in [-0.2, -0.15) is 0 Å². The Balaban J connectivity index is 1.87. The molecular formula is C21H17FO3. The predicted molar refractivity (Wildman–Crippen MR) is 95.1 cm³/mol. The zero-order valence-electron chi connectivity index (χ0n) is 14.0. The van der Waals surface area contributed by atoms with E-state index in [4.69, 9.17) is 9.47 Å². The van der Waals surface area contributed by atoms with Crippen molar-refractivity contribution in [3.63, 3.8) is 0 Å². The first-order chi connectivity index (χ1) is 12.1. The summed E-state index contributed by atoms with van der Waals surface area (Å²) in [6.07, 6.45) is 0. The van der Waals surface area contributed by atoms with Crippen LogP contribution in [0.25, 0.3) is 22.3 Å². The molecule has 0 radical (unpaired) electrons. The van der Waals surface area contributed by atoms with Gasteiger partial charge in [0.15, 0.2) is 0 Å². The summed E-state index contributed by atoms with van der Waals surface area (Å²) in [7, 11) is 1.59. The molecule has 0 amide bonds. The Bertz CT molecular complexity index is 884. The lowest BCUT2D eigenvalue weighted by molar-refractivity contribution is -0.131. The summed E-state index contributed by atoms with van der Waals surface area (Å²) in [6, 6.07) is 19.3. The zero-order valence-corrected chi connectivity index (χ0v) is 14.0. The number of esters is 1. The van der Waals surface area contributed by atoms with Crippen LogP contribution in [0.5, 0.6) is 11.5 Å². The number of benzene rings is 3. The minimum absolute atomic E-state index is 0.299. The molecule has 4 heteroatoms. The summed E-state index contributed by atoms with van der Waals surface area (Å²) < 4.78 is 24.7. The molecule has 0 fully saturated rings. The molecule has 0 N–H and O–H groups in total. The van der Waals surface area contributed by atoms with Gasteiger partial charge in [0.2, 0.25) is 0 Å². The number of ether oxygens (including phenoxy) is 2. The third-order valence-electron chi connectivity index (χ3n) is 3.82. The molecular weight excluding hydrogens is 319 g/mol. The summed E-state index contributed by atoms with van der Waals surface area (Å²) in [4.78, 5) is 10.9. The first-order valence-corrected chi connectivity index (χ1v) is 7.79. The molecule has 3 aromatic rings. The van der Waals surface area contributed by atoms with E-state index in [-0.39, 0.29) is 11.8 Å². The average molecular weight is 336 g/mol. The van der Waals surface area contributed by atoms with E-state index in [1.807, 2.05) is 18.2 Å². The summed E-state index contributed by atoms with van der Waals surface area (Å²) in [6.45, 7) is 1.35. The Morgan fingerprint density at radius 3 is 1.92 bits per heavy atom. The molecule has 0 heterocycles. The van der Waals surface area contributed by atoms with E-state index in [1.165, 1.54) is 13.0 Å². The van der Waals surface area contributed by atoms with Crippen LogP contribution in [0, 0.1) is 5.82 Å². The van der Waals surface area contributed by atoms with Crippen molar-refractivity contribution in [1.82, 2.24) is 0 Å². The van der Waals surface area contributed by atoms with Crippen molar-refractivity contribution in [2.75, 3.05) is 7.11 Å². The van der Waals surface area contributed by atoms with Crippen molar-refractivity contribution in [2.45, 2.75) is 6.92 Å². The van der Waals surface area contributed by atoms with Crippen molar-refractivity contribution < 1.29 is 18.7 Å². The van der Waals surface area contributed by atoms with E-state index >= 15 is 0 Å². The van der Waals surface area contributed by atoms with Crippen molar-refractivity contribution in [3.8, 4) is 33.8 Å². The molecule has 3 rings (SSSR count). The highest BCUT2D eigenvalue weighted by Gasteiger charge is 2.08. The summed E-state index contributed by atoms with van der Waals surface area (Å²) in [5.41, 5.74) is 2.92. The standard InChI is InChI=1S/C21H17FO3/c1-14(23)25-19-10-3-15(4-11-19)17-7-12-20(21(22)13-17)16-5-8-18(24-2)9-6-16/h3-13H,1-2H3. The summed E-state index contributed by atoms with van der Waals surface area (Å²) in [5, 5.41) is 0. The molecule has 0 atom stereocenters. The Morgan fingerprint density at radius 2 is 1.36 bits per heavy atom. The average Bonchev–Trinajstić information content (AvgIpc) is 2.62. The lowest BCUT2D eigenvalue weighted by atomic mass is 9.99. The molecule has 0 bridgehead atoms. The number of hydrogen-bond donors (Lipinski definition) is 0. The number of carbonyl (C=O) groups is 1. The van der Waals surface area contributed by atoms with E-state index in [0.29, 0.717) is 11.3 Å². The highest BCUT2D eigenvalue weighted by molar-refractivity contribution is 5.73. The fraction of sp³-hybridized carbons (Fsp3) is 0.0952. The second-order valence-corrected chi connectivity index (χ2v) is 5.54. The van der Waals surface area contributed by atoms with E-state index in [2.05, 4.69) is 0 Å².